The molecule has 4 N–H and O–H groups in total. The summed E-state index contributed by atoms with van der Waals surface area (Å²) in [6.45, 7) is 0.161. The number of hydrogen-bond acceptors (Lipinski definition) is 6. The van der Waals surface area contributed by atoms with E-state index in [-0.39, 0.29) is 18.8 Å². The van der Waals surface area contributed by atoms with Crippen molar-refractivity contribution in [1.29, 1.82) is 0 Å². The predicted octanol–water partition coefficient (Wildman–Crippen LogP) is -1.43. The molecule has 1 aromatic carbocycles. The van der Waals surface area contributed by atoms with Crippen LogP contribution >= 0.6 is 0 Å². The molecule has 6 nitrogen and oxygen atoms in total. The minimum Gasteiger partial charge on any atom is -0.454 e. The van der Waals surface area contributed by atoms with Crippen molar-refractivity contribution in [2.45, 2.75) is 6.54 Å². The summed E-state index contributed by atoms with van der Waals surface area (Å²) < 4.78 is 10.2. The second kappa shape index (κ2) is 4.07. The van der Waals surface area contributed by atoms with Gasteiger partial charge in [-0.25, -0.2) is 5.48 Å². The van der Waals surface area contributed by atoms with Gasteiger partial charge in [-0.05, 0) is 11.6 Å². The highest BCUT2D eigenvalue weighted by Crippen LogP contribution is 2.31. The summed E-state index contributed by atoms with van der Waals surface area (Å²) >= 11 is 0. The molecule has 0 aromatic heterocycles. The van der Waals surface area contributed by atoms with Crippen molar-refractivity contribution in [2.75, 3.05) is 6.79 Å². The van der Waals surface area contributed by atoms with Gasteiger partial charge in [0.05, 0.1) is 0 Å². The second-order valence-electron chi connectivity index (χ2n) is 3.08. The summed E-state index contributed by atoms with van der Waals surface area (Å²) in [6, 6.07) is 3.28. The molecular weight excluding hydrogens is 201 g/mol. The largest absolute Gasteiger partial charge is 0.492 e. The summed E-state index contributed by atoms with van der Waals surface area (Å²) in [5.74, 6) is 0.789. The Hall–Kier alpha value is -1.28. The minimum absolute atomic E-state index is 0.0606. The second-order valence-corrected chi connectivity index (χ2v) is 3.08. The maximum atomic E-state index is 9.21. The van der Waals surface area contributed by atoms with Crippen molar-refractivity contribution < 1.29 is 24.7 Å². The quantitative estimate of drug-likeness (QED) is 0.362. The van der Waals surface area contributed by atoms with E-state index in [2.05, 4.69) is 0 Å². The van der Waals surface area contributed by atoms with E-state index < -0.39 is 7.12 Å². The molecule has 0 saturated heterocycles. The molecule has 1 aliphatic rings. The van der Waals surface area contributed by atoms with Crippen LogP contribution in [0.5, 0.6) is 11.5 Å². The fourth-order valence-electron chi connectivity index (χ4n) is 1.56. The van der Waals surface area contributed by atoms with Crippen LogP contribution in [0.25, 0.3) is 0 Å². The predicted molar refractivity (Wildman–Crippen MR) is 51.0 cm³/mol. The van der Waals surface area contributed by atoms with Crippen LogP contribution in [0.1, 0.15) is 5.56 Å². The van der Waals surface area contributed by atoms with Gasteiger partial charge in [0.2, 0.25) is 6.79 Å². The maximum Gasteiger partial charge on any atom is 0.492 e. The van der Waals surface area contributed by atoms with Crippen LogP contribution in [0.15, 0.2) is 12.1 Å². The van der Waals surface area contributed by atoms with Crippen LogP contribution in [0, 0.1) is 0 Å². The van der Waals surface area contributed by atoms with Crippen molar-refractivity contribution in [2.24, 2.45) is 0 Å². The SMILES string of the molecule is ONCc1ccc2c(c1B(O)O)OCO2. The van der Waals surface area contributed by atoms with Gasteiger partial charge < -0.3 is 24.7 Å². The Bertz CT molecular complexity index is 370. The van der Waals surface area contributed by atoms with Crippen LogP contribution in [-0.4, -0.2) is 29.2 Å². The third kappa shape index (κ3) is 1.77. The molecule has 0 saturated carbocycles. The van der Waals surface area contributed by atoms with Crippen LogP contribution in [0.2, 0.25) is 0 Å². The van der Waals surface area contributed by atoms with E-state index in [4.69, 9.17) is 14.7 Å². The molecule has 0 bridgehead atoms. The van der Waals surface area contributed by atoms with Gasteiger partial charge in [0.15, 0.2) is 11.5 Å². The van der Waals surface area contributed by atoms with Crippen LogP contribution < -0.4 is 20.4 Å². The number of ether oxygens (including phenoxy) is 2. The van der Waals surface area contributed by atoms with E-state index >= 15 is 0 Å². The van der Waals surface area contributed by atoms with Gasteiger partial charge >= 0.3 is 7.12 Å². The Morgan fingerprint density at radius 3 is 2.80 bits per heavy atom. The van der Waals surface area contributed by atoms with Crippen LogP contribution in [-0.2, 0) is 6.54 Å². The Morgan fingerprint density at radius 1 is 1.33 bits per heavy atom. The first-order chi connectivity index (χ1) is 7.24. The fourth-order valence-corrected chi connectivity index (χ4v) is 1.56. The lowest BCUT2D eigenvalue weighted by atomic mass is 9.76. The standard InChI is InChI=1S/C8H10BNO5/c11-9(12)7-5(3-10-13)1-2-6-8(7)15-4-14-6/h1-2,10-13H,3-4H2. The highest BCUT2D eigenvalue weighted by molar-refractivity contribution is 6.60. The molecule has 0 aliphatic carbocycles. The van der Waals surface area contributed by atoms with Crippen molar-refractivity contribution >= 4 is 12.6 Å². The fraction of sp³-hybridized carbons (Fsp3) is 0.250. The molecule has 1 aromatic rings. The molecule has 15 heavy (non-hydrogen) atoms. The number of fused-ring (bicyclic) bond motifs is 1. The van der Waals surface area contributed by atoms with E-state index in [0.717, 1.165) is 0 Å². The van der Waals surface area contributed by atoms with Crippen molar-refractivity contribution in [3.63, 3.8) is 0 Å². The Morgan fingerprint density at radius 2 is 2.13 bits per heavy atom. The number of hydroxylamine groups is 1. The molecule has 0 unspecified atom stereocenters. The monoisotopic (exact) mass is 211 g/mol. The molecule has 1 heterocycles. The van der Waals surface area contributed by atoms with Crippen molar-refractivity contribution in [1.82, 2.24) is 5.48 Å². The van der Waals surface area contributed by atoms with Gasteiger partial charge in [0.1, 0.15) is 0 Å². The number of hydrogen-bond donors (Lipinski definition) is 4. The Kier molecular flexibility index (Phi) is 2.78. The Labute approximate surface area is 86.2 Å². The molecule has 0 spiro atoms. The van der Waals surface area contributed by atoms with Gasteiger partial charge in [-0.15, -0.1) is 0 Å². The van der Waals surface area contributed by atoms with Gasteiger partial charge in [0, 0.05) is 12.0 Å². The van der Waals surface area contributed by atoms with Gasteiger partial charge in [-0.2, -0.15) is 0 Å². The number of rotatable bonds is 3. The first kappa shape index (κ1) is 10.2. The van der Waals surface area contributed by atoms with Gasteiger partial charge in [-0.1, -0.05) is 6.07 Å². The zero-order valence-corrected chi connectivity index (χ0v) is 7.80. The summed E-state index contributed by atoms with van der Waals surface area (Å²) in [4.78, 5) is 0. The molecule has 0 amide bonds. The summed E-state index contributed by atoms with van der Waals surface area (Å²) in [5.41, 5.74) is 2.70. The van der Waals surface area contributed by atoms with Crippen LogP contribution in [0.4, 0.5) is 0 Å². The smallest absolute Gasteiger partial charge is 0.454 e. The topological polar surface area (TPSA) is 91.2 Å². The first-order valence-corrected chi connectivity index (χ1v) is 4.38. The maximum absolute atomic E-state index is 9.21. The molecule has 2 rings (SSSR count). The van der Waals surface area contributed by atoms with E-state index in [1.165, 1.54) is 0 Å². The Balaban J connectivity index is 2.48. The minimum atomic E-state index is -1.66. The molecule has 7 heteroatoms. The highest BCUT2D eigenvalue weighted by Gasteiger charge is 2.27. The summed E-state index contributed by atoms with van der Waals surface area (Å²) in [5, 5.41) is 27.0. The van der Waals surface area contributed by atoms with Crippen molar-refractivity contribution in [3.8, 4) is 11.5 Å². The normalized spacial score (nSPS) is 13.0. The van der Waals surface area contributed by atoms with Gasteiger partial charge in [0.25, 0.3) is 0 Å². The molecule has 0 atom stereocenters. The van der Waals surface area contributed by atoms with E-state index in [1.807, 2.05) is 5.48 Å². The molecule has 1 aliphatic heterocycles. The summed E-state index contributed by atoms with van der Waals surface area (Å²) in [6.07, 6.45) is 0. The average Bonchev–Trinajstić information content (AvgIpc) is 2.64. The lowest BCUT2D eigenvalue weighted by Crippen LogP contribution is -2.35. The number of benzene rings is 1. The highest BCUT2D eigenvalue weighted by atomic mass is 16.7. The van der Waals surface area contributed by atoms with Gasteiger partial charge in [-0.3, -0.25) is 0 Å². The van der Waals surface area contributed by atoms with Crippen LogP contribution in [0.3, 0.4) is 0 Å². The molecule has 80 valence electrons. The van der Waals surface area contributed by atoms with E-state index in [9.17, 15) is 10.0 Å². The molecular formula is C8H10BNO5. The third-order valence-corrected chi connectivity index (χ3v) is 2.20. The third-order valence-electron chi connectivity index (χ3n) is 2.20. The van der Waals surface area contributed by atoms with Crippen molar-refractivity contribution in [3.05, 3.63) is 17.7 Å². The lowest BCUT2D eigenvalue weighted by molar-refractivity contribution is 0.161. The zero-order valence-electron chi connectivity index (χ0n) is 7.80. The van der Waals surface area contributed by atoms with E-state index in [1.54, 1.807) is 12.1 Å². The van der Waals surface area contributed by atoms with E-state index in [0.29, 0.717) is 17.1 Å². The summed E-state index contributed by atoms with van der Waals surface area (Å²) in [7, 11) is -1.66. The molecule has 0 radical (unpaired) electrons. The number of nitrogens with one attached hydrogen (secondary N) is 1. The average molecular weight is 211 g/mol. The lowest BCUT2D eigenvalue weighted by Gasteiger charge is -2.10. The first-order valence-electron chi connectivity index (χ1n) is 4.38. The molecule has 0 fully saturated rings. The zero-order chi connectivity index (χ0) is 10.8.